The Labute approximate surface area is 418 Å². The van der Waals surface area contributed by atoms with Crippen LogP contribution in [0.1, 0.15) is 0 Å². The number of halogens is 57. The summed E-state index contributed by atoms with van der Waals surface area (Å²) in [5, 5.41) is 0. The maximum Gasteiger partial charge on any atom is 0.460 e. The van der Waals surface area contributed by atoms with Crippen LogP contribution in [0.5, 0.6) is 0 Å². The first-order valence-electron chi connectivity index (χ1n) is 17.5. The molecule has 0 bridgehead atoms. The van der Waals surface area contributed by atoms with Gasteiger partial charge in [-0.15, -0.1) is 0 Å². The Morgan fingerprint density at radius 2 is 0.176 bits per heavy atom. The third kappa shape index (κ3) is 8.74. The van der Waals surface area contributed by atoms with E-state index in [2.05, 4.69) is 0 Å². The van der Waals surface area contributed by atoms with Gasteiger partial charge in [-0.1, -0.05) is 0 Å². The highest BCUT2D eigenvalue weighted by atomic mass is 19.5. The summed E-state index contributed by atoms with van der Waals surface area (Å²) in [6, 6.07) is 0. The molecule has 0 aliphatic heterocycles. The number of hydrogen-bond donors (Lipinski definition) is 0. The summed E-state index contributed by atoms with van der Waals surface area (Å²) in [5.41, 5.74) is -11.0. The van der Waals surface area contributed by atoms with Crippen LogP contribution in [0.25, 0.3) is 0 Å². The van der Waals surface area contributed by atoms with Crippen LogP contribution in [0.4, 0.5) is 250 Å². The molecule has 85 heavy (non-hydrogen) atoms. The zero-order valence-corrected chi connectivity index (χ0v) is 35.5. The summed E-state index contributed by atoms with van der Waals surface area (Å²) in [5.74, 6) is -255. The molecule has 0 heterocycles. The fourth-order valence-corrected chi connectivity index (χ4v) is 5.17. The minimum absolute atomic E-state index is 7.52. The molecule has 0 amide bonds. The monoisotopic (exact) mass is 1420 g/mol. The standard InChI is InChI=1S/C28F57/c29-1(30)2(31,4(34,35)6(38,39)8(42,43)10(46,47)12(50,51)14(54,55)17(60,61)19(64,65)21(68,69)23(72,73)25(76,77)27(80,81)82)3(32,33)5(36,37)7(40,41)9(44,45)11(48,49)13(52,53)15(56,57)16(58,59)18(62,63)20(66,67)22(70,71)24(74,75)26(78,79)28(83,84)85. The molecule has 1 radical (unpaired) electrons. The maximum absolute atomic E-state index is 14.8. The van der Waals surface area contributed by atoms with Crippen molar-refractivity contribution >= 4 is 0 Å². The summed E-state index contributed by atoms with van der Waals surface area (Å²) in [6.07, 6.45) is -24.9. The van der Waals surface area contributed by atoms with Gasteiger partial charge >= 0.3 is 167 Å². The van der Waals surface area contributed by atoms with Gasteiger partial charge in [-0.05, 0) is 0 Å². The first-order chi connectivity index (χ1) is 35.4. The van der Waals surface area contributed by atoms with E-state index in [9.17, 15) is 250 Å². The molecule has 511 valence electrons. The number of alkyl halides is 55. The molecule has 0 N–H and O–H groups in total. The van der Waals surface area contributed by atoms with Crippen molar-refractivity contribution in [2.45, 2.75) is 160 Å². The van der Waals surface area contributed by atoms with Crippen LogP contribution in [0.2, 0.25) is 0 Å². The smallest absolute Gasteiger partial charge is 0.223 e. The van der Waals surface area contributed by atoms with E-state index in [1.807, 2.05) is 0 Å². The van der Waals surface area contributed by atoms with Crippen LogP contribution in [0, 0.1) is 6.43 Å². The predicted octanol–water partition coefficient (Wildman–Crippen LogP) is 18.5. The van der Waals surface area contributed by atoms with E-state index in [0.717, 1.165) is 0 Å². The van der Waals surface area contributed by atoms with Gasteiger partial charge in [0.15, 0.2) is 0 Å². The Morgan fingerprint density at radius 1 is 0.106 bits per heavy atom. The van der Waals surface area contributed by atoms with Crippen LogP contribution < -0.4 is 0 Å². The second kappa shape index (κ2) is 19.3. The van der Waals surface area contributed by atoms with Gasteiger partial charge in [-0.3, -0.25) is 0 Å². The highest BCUT2D eigenvalue weighted by Crippen LogP contribution is 2.74. The van der Waals surface area contributed by atoms with Gasteiger partial charge in [0.1, 0.15) is 0 Å². The maximum atomic E-state index is 14.8. The highest BCUT2D eigenvalue weighted by Gasteiger charge is 3.06. The van der Waals surface area contributed by atoms with Crippen LogP contribution in [-0.4, -0.2) is 160 Å². The van der Waals surface area contributed by atoms with E-state index in [-0.39, 0.29) is 0 Å². The Kier molecular flexibility index (Phi) is 18.4. The first-order valence-corrected chi connectivity index (χ1v) is 17.5. The van der Waals surface area contributed by atoms with Gasteiger partial charge in [0, 0.05) is 0 Å². The lowest BCUT2D eigenvalue weighted by atomic mass is 9.76. The molecule has 0 nitrogen and oxygen atoms in total. The topological polar surface area (TPSA) is 0 Å². The Balaban J connectivity index is 8.56. The second-order valence-electron chi connectivity index (χ2n) is 15.7. The Morgan fingerprint density at radius 3 is 0.247 bits per heavy atom. The quantitative estimate of drug-likeness (QED) is 0.0799. The molecule has 0 aromatic carbocycles. The van der Waals surface area contributed by atoms with Crippen LogP contribution in [0.3, 0.4) is 0 Å². The van der Waals surface area contributed by atoms with Crippen LogP contribution in [0.15, 0.2) is 0 Å². The summed E-state index contributed by atoms with van der Waals surface area (Å²) in [4.78, 5) is 0. The molecule has 0 aliphatic rings. The van der Waals surface area contributed by atoms with Crippen molar-refractivity contribution in [2.75, 3.05) is 0 Å². The van der Waals surface area contributed by atoms with Crippen LogP contribution >= 0.6 is 0 Å². The van der Waals surface area contributed by atoms with Crippen molar-refractivity contribution in [3.8, 4) is 0 Å². The van der Waals surface area contributed by atoms with E-state index >= 15 is 0 Å². The number of rotatable bonds is 25. The molecular weight excluding hydrogens is 1420 g/mol. The molecule has 0 rings (SSSR count). The Bertz CT molecular complexity index is 2390. The van der Waals surface area contributed by atoms with E-state index in [1.165, 1.54) is 0 Å². The molecule has 1 unspecified atom stereocenters. The number of hydrogen-bond acceptors (Lipinski definition) is 0. The fourth-order valence-electron chi connectivity index (χ4n) is 5.17. The summed E-state index contributed by atoms with van der Waals surface area (Å²) < 4.78 is 783. The van der Waals surface area contributed by atoms with E-state index in [4.69, 9.17) is 0 Å². The van der Waals surface area contributed by atoms with Crippen molar-refractivity contribution in [2.24, 2.45) is 0 Å². The van der Waals surface area contributed by atoms with Gasteiger partial charge in [0.05, 0.1) is 0 Å². The average molecular weight is 1420 g/mol. The van der Waals surface area contributed by atoms with Crippen molar-refractivity contribution in [1.29, 1.82) is 0 Å². The van der Waals surface area contributed by atoms with Crippen molar-refractivity contribution in [1.82, 2.24) is 0 Å². The van der Waals surface area contributed by atoms with Gasteiger partial charge < -0.3 is 0 Å². The molecule has 0 aromatic heterocycles. The van der Waals surface area contributed by atoms with E-state index in [0.29, 0.717) is 0 Å². The van der Waals surface area contributed by atoms with Gasteiger partial charge in [0.25, 0.3) is 0 Å². The zero-order valence-electron chi connectivity index (χ0n) is 35.5. The zero-order chi connectivity index (χ0) is 71.1. The Hall–Kier alpha value is -3.99. The van der Waals surface area contributed by atoms with Gasteiger partial charge in [-0.2, -0.15) is 246 Å². The lowest BCUT2D eigenvalue weighted by molar-refractivity contribution is -0.494. The fraction of sp³-hybridized carbons (Fsp3) is 0.964. The van der Waals surface area contributed by atoms with E-state index < -0.39 is 167 Å². The molecule has 0 saturated carbocycles. The summed E-state index contributed by atoms with van der Waals surface area (Å²) >= 11 is 0. The highest BCUT2D eigenvalue weighted by molar-refractivity contribution is 5.29. The van der Waals surface area contributed by atoms with Crippen molar-refractivity contribution in [3.05, 3.63) is 6.43 Å². The third-order valence-corrected chi connectivity index (χ3v) is 10.5. The van der Waals surface area contributed by atoms with Gasteiger partial charge in [0.2, 0.25) is 0 Å². The van der Waals surface area contributed by atoms with Gasteiger partial charge in [-0.25, -0.2) is 4.39 Å². The minimum Gasteiger partial charge on any atom is -0.223 e. The minimum atomic E-state index is -11.2. The molecule has 0 fully saturated rings. The molecule has 0 aromatic rings. The van der Waals surface area contributed by atoms with Crippen LogP contribution in [-0.2, 0) is 0 Å². The molecule has 0 aliphatic carbocycles. The average Bonchev–Trinajstić information content (AvgIpc) is 3.25. The molecular formula is C28F57. The second-order valence-corrected chi connectivity index (χ2v) is 15.7. The largest absolute Gasteiger partial charge is 0.460 e. The first kappa shape index (κ1) is 81.0. The molecule has 1 atom stereocenters. The summed E-state index contributed by atoms with van der Waals surface area (Å²) in [7, 11) is 0. The lowest BCUT2D eigenvalue weighted by Gasteiger charge is -2.49. The third-order valence-electron chi connectivity index (χ3n) is 10.5. The normalized spacial score (nSPS) is 18.1. The summed E-state index contributed by atoms with van der Waals surface area (Å²) in [6.45, 7) is 0. The lowest BCUT2D eigenvalue weighted by Crippen LogP contribution is -2.82. The molecule has 57 heteroatoms. The SMILES string of the molecule is F[C](F)C(F)(C(F)(F)C(F)(F)C(F)(F)C(F)(F)C(F)(F)C(F)(F)C(F)(F)C(F)(F)C(F)(F)C(F)(F)C(F)(F)C(F)(F)F)C(F)(F)C(F)(F)C(F)(F)C(F)(F)C(F)(F)C(F)(F)C(F)(F)C(F)(F)C(F)(F)C(F)(F)C(F)(F)C(F)(F)C(F)(F)C(F)(F)F. The predicted molar refractivity (Wildman–Crippen MR) is 140 cm³/mol. The van der Waals surface area contributed by atoms with Crippen molar-refractivity contribution in [3.63, 3.8) is 0 Å². The molecule has 0 saturated heterocycles. The van der Waals surface area contributed by atoms with E-state index in [1.54, 1.807) is 0 Å². The van der Waals surface area contributed by atoms with Crippen molar-refractivity contribution < 1.29 is 250 Å². The molecule has 0 spiro atoms.